The summed E-state index contributed by atoms with van der Waals surface area (Å²) < 4.78 is 12.4. The van der Waals surface area contributed by atoms with Gasteiger partial charge in [-0.3, -0.25) is 0 Å². The first-order chi connectivity index (χ1) is 9.10. The second-order valence-corrected chi connectivity index (χ2v) is 18.8. The Hall–Kier alpha value is 0.314. The van der Waals surface area contributed by atoms with Gasteiger partial charge < -0.3 is 14.6 Å². The van der Waals surface area contributed by atoms with Crippen molar-refractivity contribution in [2.45, 2.75) is 90.3 Å². The van der Waals surface area contributed by atoms with Crippen LogP contribution in [0.3, 0.4) is 0 Å². The van der Waals surface area contributed by atoms with E-state index in [1.54, 1.807) is 0 Å². The van der Waals surface area contributed by atoms with Gasteiger partial charge >= 0.3 is 0 Å². The standard InChI is InChI=1S/C16H39NO2Si2/c1-15(2,3)20(7,8)18-12-11-14(17)13-19-21(9,10)16(4,5)6/h14H,11-13,17H2,1-10H3/t14-/m1/s1. The molecule has 0 bridgehead atoms. The molecule has 0 aromatic heterocycles. The summed E-state index contributed by atoms with van der Waals surface area (Å²) in [6.45, 7) is 24.1. The molecule has 5 heteroatoms. The molecule has 0 rings (SSSR count). The van der Waals surface area contributed by atoms with Crippen molar-refractivity contribution in [2.24, 2.45) is 5.73 Å². The molecule has 128 valence electrons. The first-order valence-corrected chi connectivity index (χ1v) is 14.0. The average Bonchev–Trinajstić information content (AvgIpc) is 2.23. The Kier molecular flexibility index (Phi) is 7.37. The SMILES string of the molecule is CC(C)(C)[Si](C)(C)OCC[C@@H](N)CO[Si](C)(C)C(C)(C)C. The molecule has 0 spiro atoms. The van der Waals surface area contributed by atoms with Crippen molar-refractivity contribution in [1.82, 2.24) is 0 Å². The van der Waals surface area contributed by atoms with E-state index in [9.17, 15) is 0 Å². The highest BCUT2D eigenvalue weighted by atomic mass is 28.4. The van der Waals surface area contributed by atoms with E-state index in [1.807, 2.05) is 0 Å². The Morgan fingerprint density at radius 2 is 1.19 bits per heavy atom. The van der Waals surface area contributed by atoms with Gasteiger partial charge in [0.2, 0.25) is 0 Å². The molecular weight excluding hydrogens is 294 g/mol. The summed E-state index contributed by atoms with van der Waals surface area (Å²) in [6.07, 6.45) is 0.876. The predicted molar refractivity (Wildman–Crippen MR) is 98.9 cm³/mol. The lowest BCUT2D eigenvalue weighted by Gasteiger charge is -2.37. The zero-order chi connectivity index (χ0) is 17.1. The van der Waals surface area contributed by atoms with E-state index in [4.69, 9.17) is 14.6 Å². The molecule has 0 aromatic rings. The zero-order valence-corrected chi connectivity index (χ0v) is 18.1. The third kappa shape index (κ3) is 6.95. The van der Waals surface area contributed by atoms with Crippen LogP contribution in [0.1, 0.15) is 48.0 Å². The number of rotatable bonds is 7. The third-order valence-electron chi connectivity index (χ3n) is 5.22. The van der Waals surface area contributed by atoms with Crippen LogP contribution in [0, 0.1) is 0 Å². The molecule has 0 aliphatic rings. The van der Waals surface area contributed by atoms with Crippen molar-refractivity contribution in [2.75, 3.05) is 13.2 Å². The van der Waals surface area contributed by atoms with E-state index in [0.717, 1.165) is 13.0 Å². The van der Waals surface area contributed by atoms with Crippen LogP contribution in [0.15, 0.2) is 0 Å². The summed E-state index contributed by atoms with van der Waals surface area (Å²) in [5, 5.41) is 0.499. The van der Waals surface area contributed by atoms with Gasteiger partial charge in [0.15, 0.2) is 16.6 Å². The Morgan fingerprint density at radius 3 is 1.57 bits per heavy atom. The Morgan fingerprint density at radius 1 is 0.810 bits per heavy atom. The minimum atomic E-state index is -1.69. The van der Waals surface area contributed by atoms with Gasteiger partial charge in [-0.2, -0.15) is 0 Å². The summed E-state index contributed by atoms with van der Waals surface area (Å²) in [5.74, 6) is 0. The molecule has 0 heterocycles. The van der Waals surface area contributed by atoms with Crippen molar-refractivity contribution in [3.8, 4) is 0 Å². The Balaban J connectivity index is 4.17. The second kappa shape index (κ2) is 7.26. The molecule has 0 amide bonds. The summed E-state index contributed by atoms with van der Waals surface area (Å²) in [6, 6.07) is 0.0730. The lowest BCUT2D eigenvalue weighted by Crippen LogP contribution is -2.45. The summed E-state index contributed by atoms with van der Waals surface area (Å²) >= 11 is 0. The molecular formula is C16H39NO2Si2. The Bertz CT molecular complexity index is 317. The fourth-order valence-electron chi connectivity index (χ4n) is 1.30. The maximum atomic E-state index is 6.20. The van der Waals surface area contributed by atoms with Gasteiger partial charge in [0.05, 0.1) is 0 Å². The second-order valence-electron chi connectivity index (χ2n) is 9.23. The van der Waals surface area contributed by atoms with Gasteiger partial charge in [-0.05, 0) is 42.7 Å². The number of hydrogen-bond acceptors (Lipinski definition) is 3. The first kappa shape index (κ1) is 21.3. The number of nitrogens with two attached hydrogens (primary N) is 1. The fraction of sp³-hybridized carbons (Fsp3) is 1.00. The van der Waals surface area contributed by atoms with E-state index in [0.29, 0.717) is 6.61 Å². The molecule has 2 N–H and O–H groups in total. The third-order valence-corrected chi connectivity index (χ3v) is 14.3. The van der Waals surface area contributed by atoms with E-state index in [1.165, 1.54) is 0 Å². The molecule has 0 radical (unpaired) electrons. The van der Waals surface area contributed by atoms with Crippen molar-refractivity contribution in [3.05, 3.63) is 0 Å². The minimum Gasteiger partial charge on any atom is -0.417 e. The smallest absolute Gasteiger partial charge is 0.192 e. The topological polar surface area (TPSA) is 44.5 Å². The van der Waals surface area contributed by atoms with Gasteiger partial charge in [0.25, 0.3) is 0 Å². The molecule has 0 aliphatic heterocycles. The largest absolute Gasteiger partial charge is 0.417 e. The quantitative estimate of drug-likeness (QED) is 0.684. The molecule has 0 fully saturated rings. The van der Waals surface area contributed by atoms with E-state index in [2.05, 4.69) is 67.7 Å². The van der Waals surface area contributed by atoms with Gasteiger partial charge in [0, 0.05) is 19.3 Å². The van der Waals surface area contributed by atoms with Crippen molar-refractivity contribution in [1.29, 1.82) is 0 Å². The summed E-state index contributed by atoms with van der Waals surface area (Å²) in [4.78, 5) is 0. The van der Waals surface area contributed by atoms with Crippen LogP contribution in [0.25, 0.3) is 0 Å². The summed E-state index contributed by atoms with van der Waals surface area (Å²) in [5.41, 5.74) is 6.20. The van der Waals surface area contributed by atoms with Gasteiger partial charge in [-0.15, -0.1) is 0 Å². The predicted octanol–water partition coefficient (Wildman–Crippen LogP) is 4.75. The molecule has 1 atom stereocenters. The number of hydrogen-bond donors (Lipinski definition) is 1. The zero-order valence-electron chi connectivity index (χ0n) is 16.1. The minimum absolute atomic E-state index is 0.0730. The molecule has 0 aromatic carbocycles. The maximum absolute atomic E-state index is 6.20. The highest BCUT2D eigenvalue weighted by Gasteiger charge is 2.38. The Labute approximate surface area is 135 Å². The van der Waals surface area contributed by atoms with Crippen LogP contribution < -0.4 is 5.73 Å². The monoisotopic (exact) mass is 333 g/mol. The van der Waals surface area contributed by atoms with Gasteiger partial charge in [0.1, 0.15) is 0 Å². The van der Waals surface area contributed by atoms with Crippen LogP contribution >= 0.6 is 0 Å². The van der Waals surface area contributed by atoms with Crippen molar-refractivity contribution >= 4 is 16.6 Å². The van der Waals surface area contributed by atoms with Crippen LogP contribution in [-0.4, -0.2) is 35.9 Å². The molecule has 0 saturated heterocycles. The van der Waals surface area contributed by atoms with Crippen molar-refractivity contribution < 1.29 is 8.85 Å². The molecule has 0 saturated carbocycles. The lowest BCUT2D eigenvalue weighted by molar-refractivity contribution is 0.222. The highest BCUT2D eigenvalue weighted by Crippen LogP contribution is 2.37. The van der Waals surface area contributed by atoms with E-state index < -0.39 is 16.6 Å². The van der Waals surface area contributed by atoms with Crippen LogP contribution in [0.2, 0.25) is 36.3 Å². The lowest BCUT2D eigenvalue weighted by atomic mass is 10.2. The van der Waals surface area contributed by atoms with Gasteiger partial charge in [-0.1, -0.05) is 41.5 Å². The first-order valence-electron chi connectivity index (χ1n) is 8.14. The normalized spacial score (nSPS) is 16.1. The van der Waals surface area contributed by atoms with Crippen LogP contribution in [0.4, 0.5) is 0 Å². The maximum Gasteiger partial charge on any atom is 0.192 e. The molecule has 21 heavy (non-hydrogen) atoms. The van der Waals surface area contributed by atoms with Crippen molar-refractivity contribution in [3.63, 3.8) is 0 Å². The average molecular weight is 334 g/mol. The molecule has 3 nitrogen and oxygen atoms in total. The van der Waals surface area contributed by atoms with E-state index in [-0.39, 0.29) is 16.1 Å². The fourth-order valence-corrected chi connectivity index (χ4v) is 3.42. The van der Waals surface area contributed by atoms with Crippen LogP contribution in [0.5, 0.6) is 0 Å². The molecule has 0 aliphatic carbocycles. The highest BCUT2D eigenvalue weighted by molar-refractivity contribution is 6.74. The summed E-state index contributed by atoms with van der Waals surface area (Å²) in [7, 11) is -3.33. The van der Waals surface area contributed by atoms with Crippen LogP contribution in [-0.2, 0) is 8.85 Å². The van der Waals surface area contributed by atoms with Gasteiger partial charge in [-0.25, -0.2) is 0 Å². The van der Waals surface area contributed by atoms with E-state index >= 15 is 0 Å². The molecule has 0 unspecified atom stereocenters.